The van der Waals surface area contributed by atoms with Gasteiger partial charge in [0.25, 0.3) is 5.91 Å². The van der Waals surface area contributed by atoms with E-state index in [2.05, 4.69) is 10.0 Å². The zero-order valence-corrected chi connectivity index (χ0v) is 13.8. The first-order valence-electron chi connectivity index (χ1n) is 6.09. The van der Waals surface area contributed by atoms with Crippen LogP contribution in [0.2, 0.25) is 10.0 Å². The molecule has 0 atom stereocenters. The molecule has 0 unspecified atom stereocenters. The normalized spacial score (nSPS) is 11.0. The average Bonchev–Trinajstić information content (AvgIpc) is 2.41. The lowest BCUT2D eigenvalue weighted by Crippen LogP contribution is -2.14. The molecule has 2 aromatic rings. The lowest BCUT2D eigenvalue weighted by Gasteiger charge is -2.10. The number of rotatable bonds is 4. The van der Waals surface area contributed by atoms with Crippen molar-refractivity contribution in [3.8, 4) is 0 Å². The van der Waals surface area contributed by atoms with Gasteiger partial charge in [-0.15, -0.1) is 0 Å². The van der Waals surface area contributed by atoms with Crippen LogP contribution in [0.4, 0.5) is 11.4 Å². The maximum Gasteiger partial charge on any atom is 0.255 e. The second-order valence-electron chi connectivity index (χ2n) is 4.51. The van der Waals surface area contributed by atoms with Gasteiger partial charge >= 0.3 is 0 Å². The van der Waals surface area contributed by atoms with Crippen LogP contribution in [-0.4, -0.2) is 20.6 Å². The lowest BCUT2D eigenvalue weighted by molar-refractivity contribution is 0.102. The number of para-hydroxylation sites is 1. The highest BCUT2D eigenvalue weighted by Crippen LogP contribution is 2.30. The molecule has 2 N–H and O–H groups in total. The largest absolute Gasteiger partial charge is 0.319 e. The van der Waals surface area contributed by atoms with Crippen LogP contribution < -0.4 is 10.0 Å². The Kier molecular flexibility index (Phi) is 4.95. The van der Waals surface area contributed by atoms with Gasteiger partial charge in [0.2, 0.25) is 10.0 Å². The van der Waals surface area contributed by atoms with E-state index in [0.29, 0.717) is 21.4 Å². The second-order valence-corrected chi connectivity index (χ2v) is 7.07. The maximum absolute atomic E-state index is 12.2. The lowest BCUT2D eigenvalue weighted by atomic mass is 10.2. The summed E-state index contributed by atoms with van der Waals surface area (Å²) in [5.74, 6) is -0.452. The summed E-state index contributed by atoms with van der Waals surface area (Å²) in [5, 5.41) is 3.23. The molecule has 0 aromatic heterocycles. The van der Waals surface area contributed by atoms with Crippen molar-refractivity contribution in [2.45, 2.75) is 0 Å². The fourth-order valence-electron chi connectivity index (χ4n) is 1.74. The van der Waals surface area contributed by atoms with Crippen molar-refractivity contribution in [2.24, 2.45) is 0 Å². The van der Waals surface area contributed by atoms with Gasteiger partial charge in [0.05, 0.1) is 22.0 Å². The molecule has 0 aliphatic carbocycles. The Bertz CT molecular complexity index is 802. The quantitative estimate of drug-likeness (QED) is 0.876. The fourth-order valence-corrected chi connectivity index (χ4v) is 2.79. The molecule has 1 amide bonds. The Morgan fingerprint density at radius 3 is 2.23 bits per heavy atom. The predicted molar refractivity (Wildman–Crippen MR) is 89.3 cm³/mol. The Hall–Kier alpha value is -1.76. The van der Waals surface area contributed by atoms with E-state index in [0.717, 1.165) is 6.26 Å². The van der Waals surface area contributed by atoms with Crippen molar-refractivity contribution in [1.29, 1.82) is 0 Å². The number of carbonyl (C=O) groups excluding carboxylic acids is 1. The molecule has 22 heavy (non-hydrogen) atoms. The number of sulfonamides is 1. The van der Waals surface area contributed by atoms with Gasteiger partial charge in [-0.3, -0.25) is 9.52 Å². The average molecular weight is 359 g/mol. The van der Waals surface area contributed by atoms with Crippen LogP contribution in [0.1, 0.15) is 10.4 Å². The number of halogens is 2. The summed E-state index contributed by atoms with van der Waals surface area (Å²) in [5.41, 5.74) is 0.863. The highest BCUT2D eigenvalue weighted by molar-refractivity contribution is 7.92. The minimum absolute atomic E-state index is 0.268. The molecule has 0 fully saturated rings. The van der Waals surface area contributed by atoms with Crippen molar-refractivity contribution in [1.82, 2.24) is 0 Å². The summed E-state index contributed by atoms with van der Waals surface area (Å²) in [7, 11) is -3.42. The first-order valence-corrected chi connectivity index (χ1v) is 8.74. The Labute approximate surface area is 138 Å². The number of benzene rings is 2. The summed E-state index contributed by atoms with van der Waals surface area (Å²) < 4.78 is 24.7. The van der Waals surface area contributed by atoms with Gasteiger partial charge in [0.15, 0.2) is 0 Å². The number of anilines is 2. The van der Waals surface area contributed by atoms with Gasteiger partial charge in [-0.2, -0.15) is 0 Å². The van der Waals surface area contributed by atoms with E-state index in [-0.39, 0.29) is 5.56 Å². The minimum Gasteiger partial charge on any atom is -0.319 e. The van der Waals surface area contributed by atoms with Crippen molar-refractivity contribution in [3.63, 3.8) is 0 Å². The van der Waals surface area contributed by atoms with E-state index >= 15 is 0 Å². The molecule has 0 saturated carbocycles. The topological polar surface area (TPSA) is 75.3 Å². The first kappa shape index (κ1) is 16.6. The third-order valence-electron chi connectivity index (χ3n) is 2.63. The van der Waals surface area contributed by atoms with E-state index in [4.69, 9.17) is 23.2 Å². The number of hydrogen-bond donors (Lipinski definition) is 2. The van der Waals surface area contributed by atoms with Crippen molar-refractivity contribution >= 4 is 50.5 Å². The van der Waals surface area contributed by atoms with Crippen LogP contribution in [-0.2, 0) is 10.0 Å². The molecule has 0 saturated heterocycles. The van der Waals surface area contributed by atoms with Gasteiger partial charge in [0.1, 0.15) is 0 Å². The zero-order chi connectivity index (χ0) is 16.3. The summed E-state index contributed by atoms with van der Waals surface area (Å²) in [6, 6.07) is 10.9. The number of hydrogen-bond acceptors (Lipinski definition) is 3. The van der Waals surface area contributed by atoms with Crippen molar-refractivity contribution in [3.05, 3.63) is 58.1 Å². The molecule has 0 bridgehead atoms. The Morgan fingerprint density at radius 2 is 1.64 bits per heavy atom. The molecule has 116 valence electrons. The summed E-state index contributed by atoms with van der Waals surface area (Å²) >= 11 is 12.0. The van der Waals surface area contributed by atoms with E-state index in [1.165, 1.54) is 6.07 Å². The fraction of sp³-hybridized carbons (Fsp3) is 0.0714. The molecular formula is C14H12Cl2N2O3S. The van der Waals surface area contributed by atoms with Crippen molar-refractivity contribution < 1.29 is 13.2 Å². The standard InChI is InChI=1S/C14H12Cl2N2O3S/c1-22(20,21)18-10-5-2-4-9(8-10)14(19)17-13-11(15)6-3-7-12(13)16/h2-8,18H,1H3,(H,17,19). The van der Waals surface area contributed by atoms with Crippen molar-refractivity contribution in [2.75, 3.05) is 16.3 Å². The molecule has 8 heteroatoms. The molecule has 0 heterocycles. The van der Waals surface area contributed by atoms with Gasteiger partial charge in [-0.05, 0) is 30.3 Å². The van der Waals surface area contributed by atoms with Crippen LogP contribution in [0.15, 0.2) is 42.5 Å². The molecule has 0 radical (unpaired) electrons. The van der Waals surface area contributed by atoms with Gasteiger partial charge in [-0.1, -0.05) is 35.3 Å². The minimum atomic E-state index is -3.42. The summed E-state index contributed by atoms with van der Waals surface area (Å²) in [6.45, 7) is 0. The zero-order valence-electron chi connectivity index (χ0n) is 11.4. The van der Waals surface area contributed by atoms with Crippen LogP contribution in [0.3, 0.4) is 0 Å². The maximum atomic E-state index is 12.2. The highest BCUT2D eigenvalue weighted by atomic mass is 35.5. The van der Waals surface area contributed by atoms with E-state index in [9.17, 15) is 13.2 Å². The molecule has 0 aliphatic rings. The Morgan fingerprint density at radius 1 is 1.05 bits per heavy atom. The number of nitrogens with one attached hydrogen (secondary N) is 2. The molecular weight excluding hydrogens is 347 g/mol. The second kappa shape index (κ2) is 6.56. The highest BCUT2D eigenvalue weighted by Gasteiger charge is 2.12. The SMILES string of the molecule is CS(=O)(=O)Nc1cccc(C(=O)Nc2c(Cl)cccc2Cl)c1. The summed E-state index contributed by atoms with van der Waals surface area (Å²) in [6.07, 6.45) is 1.03. The predicted octanol–water partition coefficient (Wildman–Crippen LogP) is 3.62. The third-order valence-corrected chi connectivity index (χ3v) is 3.87. The van der Waals surface area contributed by atoms with Crippen LogP contribution in [0, 0.1) is 0 Å². The number of amides is 1. The van der Waals surface area contributed by atoms with Crippen LogP contribution in [0.5, 0.6) is 0 Å². The van der Waals surface area contributed by atoms with Gasteiger partial charge in [-0.25, -0.2) is 8.42 Å². The van der Waals surface area contributed by atoms with Crippen LogP contribution >= 0.6 is 23.2 Å². The Balaban J connectivity index is 2.25. The molecule has 0 aliphatic heterocycles. The molecule has 2 rings (SSSR count). The van der Waals surface area contributed by atoms with Gasteiger partial charge < -0.3 is 5.32 Å². The van der Waals surface area contributed by atoms with Gasteiger partial charge in [0, 0.05) is 11.3 Å². The molecule has 2 aromatic carbocycles. The molecule has 0 spiro atoms. The van der Waals surface area contributed by atoms with E-state index in [1.54, 1.807) is 36.4 Å². The van der Waals surface area contributed by atoms with E-state index in [1.807, 2.05) is 0 Å². The monoisotopic (exact) mass is 358 g/mol. The third kappa shape index (κ3) is 4.37. The first-order chi connectivity index (χ1) is 10.3. The summed E-state index contributed by atoms with van der Waals surface area (Å²) in [4.78, 5) is 12.2. The molecule has 5 nitrogen and oxygen atoms in total. The smallest absolute Gasteiger partial charge is 0.255 e. The van der Waals surface area contributed by atoms with E-state index < -0.39 is 15.9 Å². The van der Waals surface area contributed by atoms with Crippen LogP contribution in [0.25, 0.3) is 0 Å². The number of carbonyl (C=O) groups is 1.